The van der Waals surface area contributed by atoms with Gasteiger partial charge in [-0.05, 0) is 44.7 Å². The number of amides is 1. The maximum atomic E-state index is 12.8. The minimum Gasteiger partial charge on any atom is -0.497 e. The average molecular weight is 390 g/mol. The molecule has 2 N–H and O–H groups in total. The number of thiazole rings is 1. The van der Waals surface area contributed by atoms with Crippen molar-refractivity contribution < 1.29 is 24.2 Å². The van der Waals surface area contributed by atoms with Crippen molar-refractivity contribution in [1.29, 1.82) is 0 Å². The van der Waals surface area contributed by atoms with Crippen LogP contribution < -0.4 is 14.8 Å². The normalized spacial score (nSPS) is 14.5. The topological polar surface area (TPSA) is 97.8 Å². The molecule has 1 aliphatic carbocycles. The van der Waals surface area contributed by atoms with Gasteiger partial charge < -0.3 is 19.9 Å². The zero-order chi connectivity index (χ0) is 19.6. The lowest BCUT2D eigenvalue weighted by atomic mass is 10.1. The van der Waals surface area contributed by atoms with Gasteiger partial charge in [0.25, 0.3) is 5.91 Å². The lowest BCUT2D eigenvalue weighted by Gasteiger charge is -2.15. The van der Waals surface area contributed by atoms with E-state index >= 15 is 0 Å². The van der Waals surface area contributed by atoms with Gasteiger partial charge in [-0.2, -0.15) is 0 Å². The molecule has 27 heavy (non-hydrogen) atoms. The third-order valence-corrected chi connectivity index (χ3v) is 5.66. The average Bonchev–Trinajstić information content (AvgIpc) is 3.39. The van der Waals surface area contributed by atoms with Gasteiger partial charge >= 0.3 is 5.97 Å². The molecule has 1 atom stereocenters. The lowest BCUT2D eigenvalue weighted by molar-refractivity contribution is 0.0700. The van der Waals surface area contributed by atoms with E-state index in [0.29, 0.717) is 40.3 Å². The molecule has 1 unspecified atom stereocenters. The molecule has 0 saturated heterocycles. The van der Waals surface area contributed by atoms with Crippen molar-refractivity contribution in [3.8, 4) is 11.5 Å². The number of hydrogen-bond acceptors (Lipinski definition) is 6. The molecule has 1 aromatic heterocycles. The van der Waals surface area contributed by atoms with E-state index in [1.54, 1.807) is 39.2 Å². The van der Waals surface area contributed by atoms with Gasteiger partial charge in [-0.1, -0.05) is 0 Å². The highest BCUT2D eigenvalue weighted by Crippen LogP contribution is 2.32. The molecule has 1 amide bonds. The Kier molecular flexibility index (Phi) is 5.65. The highest BCUT2D eigenvalue weighted by Gasteiger charge is 2.24. The quantitative estimate of drug-likeness (QED) is 0.717. The molecule has 7 nitrogen and oxygen atoms in total. The molecular weight excluding hydrogens is 368 g/mol. The third kappa shape index (κ3) is 4.57. The van der Waals surface area contributed by atoms with Crippen molar-refractivity contribution in [3.05, 3.63) is 39.3 Å². The van der Waals surface area contributed by atoms with Gasteiger partial charge in [0.05, 0.1) is 31.0 Å². The molecule has 0 bridgehead atoms. The first-order valence-corrected chi connectivity index (χ1v) is 9.53. The number of aromatic carboxylic acids is 1. The van der Waals surface area contributed by atoms with Crippen molar-refractivity contribution >= 4 is 23.2 Å². The first kappa shape index (κ1) is 19.2. The molecule has 1 heterocycles. The molecule has 0 radical (unpaired) electrons. The summed E-state index contributed by atoms with van der Waals surface area (Å²) in [4.78, 5) is 28.4. The predicted octanol–water partition coefficient (Wildman–Crippen LogP) is 3.44. The van der Waals surface area contributed by atoms with E-state index in [-0.39, 0.29) is 10.8 Å². The molecule has 1 fully saturated rings. The van der Waals surface area contributed by atoms with E-state index in [0.717, 1.165) is 24.2 Å². The first-order valence-electron chi connectivity index (χ1n) is 8.71. The number of nitrogens with one attached hydrogen (secondary N) is 1. The second-order valence-electron chi connectivity index (χ2n) is 6.58. The lowest BCUT2D eigenvalue weighted by Crippen LogP contribution is -2.27. The Hall–Kier alpha value is -2.61. The number of aryl methyl sites for hydroxylation is 1. The first-order chi connectivity index (χ1) is 12.9. The maximum absolute atomic E-state index is 12.8. The molecule has 3 rings (SSSR count). The van der Waals surface area contributed by atoms with Crippen LogP contribution in [-0.4, -0.2) is 35.7 Å². The zero-order valence-corrected chi connectivity index (χ0v) is 16.3. The van der Waals surface area contributed by atoms with Crippen LogP contribution in [0.2, 0.25) is 0 Å². The monoisotopic (exact) mass is 390 g/mol. The van der Waals surface area contributed by atoms with Crippen LogP contribution in [-0.2, 0) is 0 Å². The smallest absolute Gasteiger partial charge is 0.347 e. The second-order valence-corrected chi connectivity index (χ2v) is 7.61. The van der Waals surface area contributed by atoms with E-state index in [1.165, 1.54) is 0 Å². The maximum Gasteiger partial charge on any atom is 0.347 e. The van der Waals surface area contributed by atoms with E-state index in [2.05, 4.69) is 10.3 Å². The third-order valence-electron chi connectivity index (χ3n) is 4.33. The van der Waals surface area contributed by atoms with Crippen molar-refractivity contribution in [2.24, 2.45) is 5.92 Å². The summed E-state index contributed by atoms with van der Waals surface area (Å²) >= 11 is 1.07. The van der Waals surface area contributed by atoms with Crippen LogP contribution in [0.25, 0.3) is 0 Å². The Bertz CT molecular complexity index is 860. The van der Waals surface area contributed by atoms with E-state index in [1.807, 2.05) is 0 Å². The minimum absolute atomic E-state index is 0.184. The van der Waals surface area contributed by atoms with Crippen LogP contribution in [0.1, 0.15) is 56.5 Å². The summed E-state index contributed by atoms with van der Waals surface area (Å²) in [5.41, 5.74) is 0.858. The number of aromatic nitrogens is 1. The second kappa shape index (κ2) is 7.96. The van der Waals surface area contributed by atoms with Gasteiger partial charge in [0.1, 0.15) is 21.4 Å². The van der Waals surface area contributed by atoms with Crippen LogP contribution in [0.3, 0.4) is 0 Å². The molecule has 144 valence electrons. The molecule has 1 saturated carbocycles. The van der Waals surface area contributed by atoms with Gasteiger partial charge in [-0.15, -0.1) is 11.3 Å². The fourth-order valence-corrected chi connectivity index (χ4v) is 3.47. The predicted molar refractivity (Wildman–Crippen MR) is 101 cm³/mol. The molecule has 1 aliphatic rings. The zero-order valence-electron chi connectivity index (χ0n) is 15.4. The number of carboxylic acid groups (broad SMARTS) is 1. The molecule has 8 heteroatoms. The number of benzene rings is 1. The number of carbonyl (C=O) groups excluding carboxylic acids is 1. The SMILES string of the molecule is COc1ccc(C(=O)NC(C)c2nc(C)c(C(=O)O)s2)c(OCC2CC2)c1. The molecule has 2 aromatic rings. The number of rotatable bonds is 8. The van der Waals surface area contributed by atoms with Gasteiger partial charge in [-0.25, -0.2) is 9.78 Å². The molecule has 0 aliphatic heterocycles. The van der Waals surface area contributed by atoms with Crippen LogP contribution in [0, 0.1) is 12.8 Å². The summed E-state index contributed by atoms with van der Waals surface area (Å²) in [5, 5.41) is 12.6. The number of methoxy groups -OCH3 is 1. The van der Waals surface area contributed by atoms with Gasteiger partial charge in [-0.3, -0.25) is 4.79 Å². The van der Waals surface area contributed by atoms with Crippen LogP contribution in [0.15, 0.2) is 18.2 Å². The fraction of sp³-hybridized carbons (Fsp3) is 0.421. The Balaban J connectivity index is 1.76. The summed E-state index contributed by atoms with van der Waals surface area (Å²) in [6, 6.07) is 4.66. The highest BCUT2D eigenvalue weighted by molar-refractivity contribution is 7.13. The number of hydrogen-bond donors (Lipinski definition) is 2. The van der Waals surface area contributed by atoms with E-state index < -0.39 is 12.0 Å². The Morgan fingerprint density at radius 1 is 1.41 bits per heavy atom. The summed E-state index contributed by atoms with van der Waals surface area (Å²) in [6.07, 6.45) is 2.30. The van der Waals surface area contributed by atoms with Crippen molar-refractivity contribution in [2.75, 3.05) is 13.7 Å². The van der Waals surface area contributed by atoms with E-state index in [4.69, 9.17) is 9.47 Å². The van der Waals surface area contributed by atoms with Crippen molar-refractivity contribution in [2.45, 2.75) is 32.7 Å². The van der Waals surface area contributed by atoms with Crippen LogP contribution in [0.4, 0.5) is 0 Å². The standard InChI is InChI=1S/C19H22N2O5S/c1-10-16(19(23)24)27-18(21-10)11(2)20-17(22)14-7-6-13(25-3)8-15(14)26-9-12-4-5-12/h6-8,11-12H,4-5,9H2,1-3H3,(H,20,22)(H,23,24). The minimum atomic E-state index is -1.01. The Morgan fingerprint density at radius 2 is 2.15 bits per heavy atom. The Morgan fingerprint density at radius 3 is 2.74 bits per heavy atom. The van der Waals surface area contributed by atoms with Gasteiger partial charge in [0.2, 0.25) is 0 Å². The number of carbonyl (C=O) groups is 2. The Labute approximate surface area is 161 Å². The van der Waals surface area contributed by atoms with Crippen molar-refractivity contribution in [3.63, 3.8) is 0 Å². The highest BCUT2D eigenvalue weighted by atomic mass is 32.1. The molecule has 0 spiro atoms. The summed E-state index contributed by atoms with van der Waals surface area (Å²) in [5.74, 6) is 0.333. The molecular formula is C19H22N2O5S. The molecule has 1 aromatic carbocycles. The van der Waals surface area contributed by atoms with E-state index in [9.17, 15) is 14.7 Å². The summed E-state index contributed by atoms with van der Waals surface area (Å²) < 4.78 is 11.1. The largest absolute Gasteiger partial charge is 0.497 e. The van der Waals surface area contributed by atoms with Gasteiger partial charge in [0.15, 0.2) is 0 Å². The van der Waals surface area contributed by atoms with Crippen LogP contribution >= 0.6 is 11.3 Å². The van der Waals surface area contributed by atoms with Crippen LogP contribution in [0.5, 0.6) is 11.5 Å². The number of nitrogens with zero attached hydrogens (tertiary/aromatic N) is 1. The summed E-state index contributed by atoms with van der Waals surface area (Å²) in [7, 11) is 1.56. The van der Waals surface area contributed by atoms with Gasteiger partial charge in [0, 0.05) is 6.07 Å². The van der Waals surface area contributed by atoms with Crippen molar-refractivity contribution in [1.82, 2.24) is 10.3 Å². The number of carboxylic acids is 1. The summed E-state index contributed by atoms with van der Waals surface area (Å²) in [6.45, 7) is 4.00. The number of ether oxygens (including phenoxy) is 2. The fourth-order valence-electron chi connectivity index (χ4n) is 2.57.